The van der Waals surface area contributed by atoms with Gasteiger partial charge in [0.2, 0.25) is 10.0 Å². The molecule has 18 heavy (non-hydrogen) atoms. The van der Waals surface area contributed by atoms with E-state index in [1.54, 1.807) is 13.0 Å². The Morgan fingerprint density at radius 2 is 2.17 bits per heavy atom. The topological polar surface area (TPSA) is 92.4 Å². The summed E-state index contributed by atoms with van der Waals surface area (Å²) in [6.45, 7) is 5.43. The Bertz CT molecular complexity index is 467. The monoisotopic (exact) mass is 276 g/mol. The van der Waals surface area contributed by atoms with Gasteiger partial charge < -0.3 is 9.63 Å². The van der Waals surface area contributed by atoms with Crippen molar-refractivity contribution in [3.05, 3.63) is 17.5 Å². The fraction of sp³-hybridized carbons (Fsp3) is 0.727. The van der Waals surface area contributed by atoms with Crippen molar-refractivity contribution in [1.82, 2.24) is 9.88 Å². The largest absolute Gasteiger partial charge is 0.395 e. The fourth-order valence-corrected chi connectivity index (χ4v) is 2.99. The van der Waals surface area contributed by atoms with Crippen molar-refractivity contribution in [3.63, 3.8) is 0 Å². The van der Waals surface area contributed by atoms with E-state index in [1.807, 2.05) is 13.8 Å². The lowest BCUT2D eigenvalue weighted by Crippen LogP contribution is -2.39. The Hall–Kier alpha value is -0.920. The van der Waals surface area contributed by atoms with Gasteiger partial charge in [-0.2, -0.15) is 0 Å². The Morgan fingerprint density at radius 1 is 1.50 bits per heavy atom. The van der Waals surface area contributed by atoms with E-state index in [2.05, 4.69) is 9.88 Å². The van der Waals surface area contributed by atoms with Crippen molar-refractivity contribution < 1.29 is 18.0 Å². The number of hydrogen-bond donors (Lipinski definition) is 2. The number of aliphatic hydroxyl groups excluding tert-OH is 1. The van der Waals surface area contributed by atoms with Crippen LogP contribution in [-0.4, -0.2) is 31.3 Å². The summed E-state index contributed by atoms with van der Waals surface area (Å²) in [6, 6.07) is 1.12. The first-order chi connectivity index (χ1) is 8.32. The minimum atomic E-state index is -3.51. The molecule has 0 aliphatic heterocycles. The molecule has 104 valence electrons. The van der Waals surface area contributed by atoms with Crippen LogP contribution in [0, 0.1) is 12.8 Å². The number of hydrogen-bond acceptors (Lipinski definition) is 5. The van der Waals surface area contributed by atoms with Crippen molar-refractivity contribution in [1.29, 1.82) is 0 Å². The zero-order valence-electron chi connectivity index (χ0n) is 10.9. The van der Waals surface area contributed by atoms with E-state index in [9.17, 15) is 8.42 Å². The second-order valence-electron chi connectivity index (χ2n) is 4.81. The molecular formula is C11H20N2O4S. The van der Waals surface area contributed by atoms with E-state index < -0.39 is 16.1 Å². The van der Waals surface area contributed by atoms with Crippen LogP contribution in [0.5, 0.6) is 0 Å². The smallest absolute Gasteiger partial charge is 0.217 e. The summed E-state index contributed by atoms with van der Waals surface area (Å²) < 4.78 is 31.0. The lowest BCUT2D eigenvalue weighted by Gasteiger charge is -2.17. The van der Waals surface area contributed by atoms with Gasteiger partial charge >= 0.3 is 0 Å². The first-order valence-electron chi connectivity index (χ1n) is 5.85. The maximum Gasteiger partial charge on any atom is 0.217 e. The van der Waals surface area contributed by atoms with Crippen LogP contribution >= 0.6 is 0 Å². The average Bonchev–Trinajstić information content (AvgIpc) is 2.60. The van der Waals surface area contributed by atoms with E-state index in [0.29, 0.717) is 23.8 Å². The Morgan fingerprint density at radius 3 is 2.61 bits per heavy atom. The van der Waals surface area contributed by atoms with E-state index in [4.69, 9.17) is 9.63 Å². The van der Waals surface area contributed by atoms with E-state index >= 15 is 0 Å². The van der Waals surface area contributed by atoms with Crippen LogP contribution in [0.4, 0.5) is 0 Å². The summed E-state index contributed by atoms with van der Waals surface area (Å²) in [5.74, 6) is 0.638. The number of nitrogens with zero attached hydrogens (tertiary/aromatic N) is 1. The van der Waals surface area contributed by atoms with Gasteiger partial charge in [-0.15, -0.1) is 0 Å². The van der Waals surface area contributed by atoms with Gasteiger partial charge in [-0.25, -0.2) is 13.1 Å². The molecule has 0 aromatic carbocycles. The van der Waals surface area contributed by atoms with E-state index in [-0.39, 0.29) is 12.4 Å². The molecule has 7 heteroatoms. The van der Waals surface area contributed by atoms with Crippen LogP contribution in [-0.2, 0) is 15.8 Å². The van der Waals surface area contributed by atoms with Crippen LogP contribution in [0.2, 0.25) is 0 Å². The molecule has 0 radical (unpaired) electrons. The second kappa shape index (κ2) is 6.31. The molecule has 0 aliphatic rings. The Labute approximate surface area is 107 Å². The minimum absolute atomic E-state index is 0.213. The van der Waals surface area contributed by atoms with Gasteiger partial charge in [0.15, 0.2) is 0 Å². The van der Waals surface area contributed by atoms with E-state index in [1.165, 1.54) is 0 Å². The van der Waals surface area contributed by atoms with Gasteiger partial charge in [-0.3, -0.25) is 0 Å². The van der Waals surface area contributed by atoms with Crippen LogP contribution < -0.4 is 4.72 Å². The van der Waals surface area contributed by atoms with Crippen molar-refractivity contribution >= 4 is 10.0 Å². The first kappa shape index (κ1) is 15.1. The molecule has 1 aromatic heterocycles. The maximum atomic E-state index is 11.9. The third kappa shape index (κ3) is 5.16. The molecule has 1 rings (SSSR count). The predicted octanol–water partition coefficient (Wildman–Crippen LogP) is 0.809. The molecule has 0 fully saturated rings. The predicted molar refractivity (Wildman–Crippen MR) is 67.3 cm³/mol. The molecule has 0 bridgehead atoms. The lowest BCUT2D eigenvalue weighted by atomic mass is 10.1. The van der Waals surface area contributed by atoms with Gasteiger partial charge in [-0.1, -0.05) is 19.0 Å². The van der Waals surface area contributed by atoms with Crippen LogP contribution in [0.15, 0.2) is 10.6 Å². The number of rotatable bonds is 7. The lowest BCUT2D eigenvalue weighted by molar-refractivity contribution is 0.240. The first-order valence-corrected chi connectivity index (χ1v) is 7.50. The number of aryl methyl sites for hydroxylation is 1. The zero-order valence-corrected chi connectivity index (χ0v) is 11.7. The van der Waals surface area contributed by atoms with Crippen LogP contribution in [0.25, 0.3) is 0 Å². The summed E-state index contributed by atoms with van der Waals surface area (Å²) in [5.41, 5.74) is 0.362. The summed E-state index contributed by atoms with van der Waals surface area (Å²) in [5, 5.41) is 12.8. The highest BCUT2D eigenvalue weighted by Gasteiger charge is 2.20. The van der Waals surface area contributed by atoms with Gasteiger partial charge in [0.05, 0.1) is 6.61 Å². The van der Waals surface area contributed by atoms with Gasteiger partial charge in [-0.05, 0) is 19.3 Å². The number of sulfonamides is 1. The number of aliphatic hydroxyl groups is 1. The number of nitrogens with one attached hydrogen (secondary N) is 1. The summed E-state index contributed by atoms with van der Waals surface area (Å²) in [4.78, 5) is 0. The number of aromatic nitrogens is 1. The Balaban J connectivity index is 2.63. The normalized spacial score (nSPS) is 14.1. The van der Waals surface area contributed by atoms with Crippen molar-refractivity contribution in [2.45, 2.75) is 39.0 Å². The molecule has 0 amide bonds. The molecular weight excluding hydrogens is 256 g/mol. The van der Waals surface area contributed by atoms with Crippen LogP contribution in [0.1, 0.15) is 31.7 Å². The van der Waals surface area contributed by atoms with Crippen molar-refractivity contribution in [2.75, 3.05) is 6.61 Å². The zero-order chi connectivity index (χ0) is 13.8. The van der Waals surface area contributed by atoms with Crippen molar-refractivity contribution in [3.8, 4) is 0 Å². The minimum Gasteiger partial charge on any atom is -0.395 e. The van der Waals surface area contributed by atoms with Crippen LogP contribution in [0.3, 0.4) is 0 Å². The molecule has 0 aliphatic carbocycles. The molecule has 6 nitrogen and oxygen atoms in total. The highest BCUT2D eigenvalue weighted by molar-refractivity contribution is 7.88. The van der Waals surface area contributed by atoms with E-state index in [0.717, 1.165) is 0 Å². The Kier molecular flexibility index (Phi) is 5.30. The third-order valence-electron chi connectivity index (χ3n) is 2.34. The summed E-state index contributed by atoms with van der Waals surface area (Å²) in [7, 11) is -3.51. The highest BCUT2D eigenvalue weighted by atomic mass is 32.2. The second-order valence-corrected chi connectivity index (χ2v) is 6.57. The van der Waals surface area contributed by atoms with Gasteiger partial charge in [0.1, 0.15) is 17.2 Å². The summed E-state index contributed by atoms with van der Waals surface area (Å²) in [6.07, 6.45) is 0.591. The molecule has 1 heterocycles. The molecule has 0 saturated carbocycles. The third-order valence-corrected chi connectivity index (χ3v) is 3.71. The molecule has 0 spiro atoms. The molecule has 1 aromatic rings. The maximum absolute atomic E-state index is 11.9. The summed E-state index contributed by atoms with van der Waals surface area (Å²) >= 11 is 0. The molecule has 1 atom stereocenters. The molecule has 2 N–H and O–H groups in total. The van der Waals surface area contributed by atoms with Gasteiger partial charge in [0, 0.05) is 12.1 Å². The van der Waals surface area contributed by atoms with Gasteiger partial charge in [0.25, 0.3) is 0 Å². The quantitative estimate of drug-likeness (QED) is 0.769. The standard InChI is InChI=1S/C11H20N2O4S/c1-8(2)4-10(6-14)13-18(15,16)7-11-5-9(3)17-12-11/h5,8,10,13-14H,4,6-7H2,1-3H3. The molecule has 0 saturated heterocycles. The molecule has 1 unspecified atom stereocenters. The SMILES string of the molecule is Cc1cc(CS(=O)(=O)NC(CO)CC(C)C)no1. The highest BCUT2D eigenvalue weighted by Crippen LogP contribution is 2.09. The average molecular weight is 276 g/mol. The van der Waals surface area contributed by atoms with Crippen molar-refractivity contribution in [2.24, 2.45) is 5.92 Å². The fourth-order valence-electron chi connectivity index (χ4n) is 1.71.